The first-order valence-corrected chi connectivity index (χ1v) is 4.92. The second-order valence-electron chi connectivity index (χ2n) is 4.48. The Morgan fingerprint density at radius 3 is 2.24 bits per heavy atom. The fourth-order valence-electron chi connectivity index (χ4n) is 1.44. The zero-order valence-electron chi connectivity index (χ0n) is 10.1. The molecule has 0 aliphatic rings. The van der Waals surface area contributed by atoms with Gasteiger partial charge in [0.2, 0.25) is 5.76 Å². The number of ether oxygens (including phenoxy) is 1. The second kappa shape index (κ2) is 4.31. The SMILES string of the molecule is COC(=O)c1c(C(C)(C)C)oc(C#N)c1C#N. The summed E-state index contributed by atoms with van der Waals surface area (Å²) in [4.78, 5) is 11.6. The predicted octanol–water partition coefficient (Wildman–Crippen LogP) is 2.11. The predicted molar refractivity (Wildman–Crippen MR) is 58.2 cm³/mol. The van der Waals surface area contributed by atoms with Crippen LogP contribution in [0.2, 0.25) is 0 Å². The van der Waals surface area contributed by atoms with Crippen LogP contribution < -0.4 is 0 Å². The fourth-order valence-corrected chi connectivity index (χ4v) is 1.44. The maximum Gasteiger partial charge on any atom is 0.342 e. The molecule has 0 aliphatic heterocycles. The molecule has 17 heavy (non-hydrogen) atoms. The Bertz CT molecular complexity index is 536. The van der Waals surface area contributed by atoms with Gasteiger partial charge in [-0.2, -0.15) is 10.5 Å². The van der Waals surface area contributed by atoms with Crippen molar-refractivity contribution in [1.82, 2.24) is 0 Å². The number of hydrogen-bond donors (Lipinski definition) is 0. The van der Waals surface area contributed by atoms with Crippen molar-refractivity contribution in [3.05, 3.63) is 22.6 Å². The minimum Gasteiger partial charge on any atom is -0.465 e. The highest BCUT2D eigenvalue weighted by Gasteiger charge is 2.33. The topological polar surface area (TPSA) is 87.0 Å². The summed E-state index contributed by atoms with van der Waals surface area (Å²) in [6.45, 7) is 5.46. The summed E-state index contributed by atoms with van der Waals surface area (Å²) in [6.07, 6.45) is 0. The summed E-state index contributed by atoms with van der Waals surface area (Å²) in [6, 6.07) is 3.57. The Labute approximate surface area is 99.2 Å². The molecule has 0 N–H and O–H groups in total. The first-order chi connectivity index (χ1) is 7.86. The molecule has 1 heterocycles. The molecule has 0 spiro atoms. The van der Waals surface area contributed by atoms with Gasteiger partial charge in [0.05, 0.1) is 7.11 Å². The number of carbonyl (C=O) groups is 1. The van der Waals surface area contributed by atoms with Crippen molar-refractivity contribution in [3.8, 4) is 12.1 Å². The van der Waals surface area contributed by atoms with Gasteiger partial charge in [0.15, 0.2) is 0 Å². The van der Waals surface area contributed by atoms with Crippen LogP contribution in [0.3, 0.4) is 0 Å². The van der Waals surface area contributed by atoms with Crippen LogP contribution in [0.1, 0.15) is 48.2 Å². The Morgan fingerprint density at radius 2 is 1.88 bits per heavy atom. The maximum atomic E-state index is 11.6. The molecule has 88 valence electrons. The average Bonchev–Trinajstić information content (AvgIpc) is 2.65. The number of methoxy groups -OCH3 is 1. The van der Waals surface area contributed by atoms with Crippen LogP contribution in [-0.2, 0) is 10.2 Å². The van der Waals surface area contributed by atoms with Crippen molar-refractivity contribution in [2.24, 2.45) is 0 Å². The van der Waals surface area contributed by atoms with Gasteiger partial charge in [-0.05, 0) is 0 Å². The van der Waals surface area contributed by atoms with Gasteiger partial charge in [0.1, 0.15) is 29.0 Å². The average molecular weight is 232 g/mol. The van der Waals surface area contributed by atoms with E-state index in [4.69, 9.17) is 14.9 Å². The lowest BCUT2D eigenvalue weighted by atomic mass is 9.89. The Balaban J connectivity index is 3.64. The van der Waals surface area contributed by atoms with Crippen molar-refractivity contribution in [1.29, 1.82) is 10.5 Å². The highest BCUT2D eigenvalue weighted by Crippen LogP contribution is 2.32. The van der Waals surface area contributed by atoms with E-state index < -0.39 is 11.4 Å². The van der Waals surface area contributed by atoms with E-state index in [0.717, 1.165) is 0 Å². The molecule has 0 fully saturated rings. The smallest absolute Gasteiger partial charge is 0.342 e. The van der Waals surface area contributed by atoms with E-state index in [-0.39, 0.29) is 22.6 Å². The van der Waals surface area contributed by atoms with E-state index in [9.17, 15) is 4.79 Å². The van der Waals surface area contributed by atoms with Gasteiger partial charge >= 0.3 is 5.97 Å². The molecule has 5 heteroatoms. The van der Waals surface area contributed by atoms with Gasteiger partial charge in [-0.1, -0.05) is 20.8 Å². The van der Waals surface area contributed by atoms with Crippen molar-refractivity contribution in [2.75, 3.05) is 7.11 Å². The molecular formula is C12H12N2O3. The lowest BCUT2D eigenvalue weighted by Crippen LogP contribution is -2.16. The quantitative estimate of drug-likeness (QED) is 0.692. The monoisotopic (exact) mass is 232 g/mol. The molecule has 0 aliphatic carbocycles. The summed E-state index contributed by atoms with van der Waals surface area (Å²) < 4.78 is 9.90. The number of carbonyl (C=O) groups excluding carboxylic acids is 1. The van der Waals surface area contributed by atoms with Crippen LogP contribution in [0.5, 0.6) is 0 Å². The Hall–Kier alpha value is -2.27. The van der Waals surface area contributed by atoms with E-state index >= 15 is 0 Å². The standard InChI is InChI=1S/C12H12N2O3/c1-12(2,3)10-9(11(15)16-4)7(5-13)8(6-14)17-10/h1-4H3. The highest BCUT2D eigenvalue weighted by atomic mass is 16.5. The van der Waals surface area contributed by atoms with Crippen molar-refractivity contribution < 1.29 is 13.9 Å². The molecule has 0 atom stereocenters. The second-order valence-corrected chi connectivity index (χ2v) is 4.48. The summed E-state index contributed by atoms with van der Waals surface area (Å²) in [5, 5.41) is 17.8. The van der Waals surface area contributed by atoms with E-state index in [1.807, 2.05) is 20.8 Å². The number of esters is 1. The molecule has 1 rings (SSSR count). The Kier molecular flexibility index (Phi) is 3.24. The van der Waals surface area contributed by atoms with Crippen LogP contribution in [0.4, 0.5) is 0 Å². The number of hydrogen-bond acceptors (Lipinski definition) is 5. The third-order valence-electron chi connectivity index (χ3n) is 2.19. The van der Waals surface area contributed by atoms with E-state index in [1.54, 1.807) is 12.1 Å². The molecule has 0 aromatic carbocycles. The van der Waals surface area contributed by atoms with Crippen LogP contribution in [0, 0.1) is 22.7 Å². The first-order valence-electron chi connectivity index (χ1n) is 4.92. The van der Waals surface area contributed by atoms with Crippen molar-refractivity contribution >= 4 is 5.97 Å². The summed E-state index contributed by atoms with van der Waals surface area (Å²) in [5.41, 5.74) is -0.521. The summed E-state index contributed by atoms with van der Waals surface area (Å²) in [7, 11) is 1.22. The lowest BCUT2D eigenvalue weighted by molar-refractivity contribution is 0.0595. The molecule has 0 amide bonds. The van der Waals surface area contributed by atoms with E-state index in [0.29, 0.717) is 0 Å². The molecule has 0 unspecified atom stereocenters. The number of rotatable bonds is 1. The van der Waals surface area contributed by atoms with Crippen molar-refractivity contribution in [3.63, 3.8) is 0 Å². The van der Waals surface area contributed by atoms with Gasteiger partial charge in [-0.15, -0.1) is 0 Å². The normalized spacial score (nSPS) is 10.5. The van der Waals surface area contributed by atoms with Gasteiger partial charge in [-0.3, -0.25) is 0 Å². The largest absolute Gasteiger partial charge is 0.465 e. The molecule has 1 aromatic rings. The fraction of sp³-hybridized carbons (Fsp3) is 0.417. The Morgan fingerprint density at radius 1 is 1.29 bits per heavy atom. The first kappa shape index (κ1) is 12.8. The molecule has 5 nitrogen and oxygen atoms in total. The molecule has 0 bridgehead atoms. The van der Waals surface area contributed by atoms with Gasteiger partial charge in [0, 0.05) is 5.41 Å². The zero-order chi connectivity index (χ0) is 13.2. The molecule has 0 radical (unpaired) electrons. The van der Waals surface area contributed by atoms with Crippen molar-refractivity contribution in [2.45, 2.75) is 26.2 Å². The van der Waals surface area contributed by atoms with E-state index in [1.165, 1.54) is 7.11 Å². The molecule has 1 aromatic heterocycles. The van der Waals surface area contributed by atoms with E-state index in [2.05, 4.69) is 4.74 Å². The third-order valence-corrected chi connectivity index (χ3v) is 2.19. The minimum absolute atomic E-state index is 0.0408. The summed E-state index contributed by atoms with van der Waals surface area (Å²) in [5.74, 6) is -0.535. The zero-order valence-corrected chi connectivity index (χ0v) is 10.1. The van der Waals surface area contributed by atoms with Crippen LogP contribution in [0.25, 0.3) is 0 Å². The number of furan rings is 1. The van der Waals surface area contributed by atoms with Crippen LogP contribution in [0.15, 0.2) is 4.42 Å². The van der Waals surface area contributed by atoms with Gasteiger partial charge < -0.3 is 9.15 Å². The molecular weight excluding hydrogens is 220 g/mol. The number of nitriles is 2. The summed E-state index contributed by atoms with van der Waals surface area (Å²) >= 11 is 0. The van der Waals surface area contributed by atoms with Crippen LogP contribution in [-0.4, -0.2) is 13.1 Å². The molecule has 0 saturated carbocycles. The molecule has 0 saturated heterocycles. The van der Waals surface area contributed by atoms with Gasteiger partial charge in [0.25, 0.3) is 0 Å². The highest BCUT2D eigenvalue weighted by molar-refractivity contribution is 5.94. The lowest BCUT2D eigenvalue weighted by Gasteiger charge is -2.16. The van der Waals surface area contributed by atoms with Gasteiger partial charge in [-0.25, -0.2) is 4.79 Å². The third kappa shape index (κ3) is 2.14. The number of nitrogens with zero attached hydrogens (tertiary/aromatic N) is 2. The van der Waals surface area contributed by atoms with Crippen LogP contribution >= 0.6 is 0 Å². The minimum atomic E-state index is -0.670. The maximum absolute atomic E-state index is 11.6.